The summed E-state index contributed by atoms with van der Waals surface area (Å²) in [5.74, 6) is -1.54. The summed E-state index contributed by atoms with van der Waals surface area (Å²) in [6.45, 7) is 1.18. The van der Waals surface area contributed by atoms with Gasteiger partial charge in [0.15, 0.2) is 0 Å². The quantitative estimate of drug-likeness (QED) is 0.554. The molecule has 1 saturated carbocycles. The zero-order chi connectivity index (χ0) is 23.7. The first-order valence-electron chi connectivity index (χ1n) is 11.7. The van der Waals surface area contributed by atoms with Crippen molar-refractivity contribution in [2.75, 3.05) is 26.3 Å². The van der Waals surface area contributed by atoms with E-state index in [4.69, 9.17) is 14.6 Å². The van der Waals surface area contributed by atoms with Crippen LogP contribution in [0.2, 0.25) is 0 Å². The Morgan fingerprint density at radius 1 is 0.941 bits per heavy atom. The van der Waals surface area contributed by atoms with Crippen molar-refractivity contribution in [2.45, 2.75) is 24.9 Å². The molecule has 3 aliphatic rings. The van der Waals surface area contributed by atoms with Gasteiger partial charge in [0.25, 0.3) is 0 Å². The molecule has 3 N–H and O–H groups in total. The van der Waals surface area contributed by atoms with E-state index in [2.05, 4.69) is 34.9 Å². The third kappa shape index (κ3) is 4.63. The number of aliphatic carboxylic acids is 1. The Balaban J connectivity index is 1.05. The summed E-state index contributed by atoms with van der Waals surface area (Å²) in [5, 5.41) is 14.5. The zero-order valence-electron chi connectivity index (χ0n) is 18.7. The number of benzene rings is 2. The lowest BCUT2D eigenvalue weighted by Crippen LogP contribution is -2.34. The van der Waals surface area contributed by atoms with Gasteiger partial charge in [0.1, 0.15) is 6.61 Å². The minimum absolute atomic E-state index is 0.00106. The molecule has 2 amide bonds. The Labute approximate surface area is 197 Å². The van der Waals surface area contributed by atoms with Gasteiger partial charge in [0.05, 0.1) is 24.5 Å². The summed E-state index contributed by atoms with van der Waals surface area (Å²) in [7, 11) is 0. The van der Waals surface area contributed by atoms with Crippen LogP contribution in [-0.4, -0.2) is 55.5 Å². The smallest absolute Gasteiger partial charge is 0.407 e. The number of alkyl carbamates (subject to hydrolysis) is 1. The molecule has 0 aromatic heterocycles. The van der Waals surface area contributed by atoms with E-state index in [1.165, 1.54) is 11.1 Å². The average Bonchev–Trinajstić information content (AvgIpc) is 3.36. The molecule has 0 unspecified atom stereocenters. The molecule has 8 nitrogen and oxygen atoms in total. The highest BCUT2D eigenvalue weighted by Crippen LogP contribution is 2.44. The van der Waals surface area contributed by atoms with E-state index in [1.54, 1.807) is 0 Å². The van der Waals surface area contributed by atoms with Crippen LogP contribution in [0.1, 0.15) is 29.9 Å². The van der Waals surface area contributed by atoms with E-state index in [9.17, 15) is 14.4 Å². The molecule has 4 atom stereocenters. The number of rotatable bonds is 8. The molecule has 2 fully saturated rings. The van der Waals surface area contributed by atoms with Crippen molar-refractivity contribution in [1.29, 1.82) is 0 Å². The summed E-state index contributed by atoms with van der Waals surface area (Å²) in [6, 6.07) is 16.3. The van der Waals surface area contributed by atoms with E-state index < -0.39 is 12.1 Å². The third-order valence-corrected chi connectivity index (χ3v) is 7.05. The molecule has 1 saturated heterocycles. The van der Waals surface area contributed by atoms with Gasteiger partial charge in [-0.1, -0.05) is 48.5 Å². The fourth-order valence-corrected chi connectivity index (χ4v) is 5.03. The minimum Gasteiger partial charge on any atom is -0.481 e. The van der Waals surface area contributed by atoms with Crippen molar-refractivity contribution in [2.24, 2.45) is 17.8 Å². The van der Waals surface area contributed by atoms with Gasteiger partial charge >= 0.3 is 12.1 Å². The van der Waals surface area contributed by atoms with Crippen LogP contribution in [0.15, 0.2) is 48.5 Å². The van der Waals surface area contributed by atoms with Crippen molar-refractivity contribution in [1.82, 2.24) is 10.6 Å². The number of ether oxygens (including phenoxy) is 2. The molecule has 1 aliphatic heterocycles. The molecule has 34 heavy (non-hydrogen) atoms. The highest BCUT2D eigenvalue weighted by molar-refractivity contribution is 5.80. The molecule has 1 heterocycles. The highest BCUT2D eigenvalue weighted by Gasteiger charge is 2.43. The second kappa shape index (κ2) is 9.46. The lowest BCUT2D eigenvalue weighted by molar-refractivity contribution is -0.139. The minimum atomic E-state index is -0.803. The van der Waals surface area contributed by atoms with Crippen LogP contribution in [0.5, 0.6) is 0 Å². The van der Waals surface area contributed by atoms with Crippen molar-refractivity contribution in [3.05, 3.63) is 59.7 Å². The average molecular weight is 465 g/mol. The fourth-order valence-electron chi connectivity index (χ4n) is 5.03. The number of nitrogens with one attached hydrogen (secondary N) is 2. The second-order valence-corrected chi connectivity index (χ2v) is 9.28. The second-order valence-electron chi connectivity index (χ2n) is 9.28. The van der Waals surface area contributed by atoms with Gasteiger partial charge in [-0.3, -0.25) is 9.59 Å². The van der Waals surface area contributed by atoms with Crippen LogP contribution in [-0.2, 0) is 19.1 Å². The molecule has 2 aromatic carbocycles. The third-order valence-electron chi connectivity index (χ3n) is 7.05. The van der Waals surface area contributed by atoms with Gasteiger partial charge in [-0.05, 0) is 41.0 Å². The molecule has 0 bridgehead atoms. The number of carbonyl (C=O) groups excluding carboxylic acids is 2. The maximum Gasteiger partial charge on any atom is 0.407 e. The molecule has 0 spiro atoms. The van der Waals surface area contributed by atoms with Crippen molar-refractivity contribution >= 4 is 18.0 Å². The Morgan fingerprint density at radius 3 is 2.26 bits per heavy atom. The maximum atomic E-state index is 12.3. The first-order valence-corrected chi connectivity index (χ1v) is 11.7. The summed E-state index contributed by atoms with van der Waals surface area (Å²) in [6.07, 6.45) is 0.349. The molecular formula is C26H28N2O6. The predicted octanol–water partition coefficient (Wildman–Crippen LogP) is 2.77. The van der Waals surface area contributed by atoms with E-state index in [0.29, 0.717) is 19.4 Å². The van der Waals surface area contributed by atoms with Crippen LogP contribution in [0.3, 0.4) is 0 Å². The summed E-state index contributed by atoms with van der Waals surface area (Å²) < 4.78 is 11.2. The first kappa shape index (κ1) is 22.4. The van der Waals surface area contributed by atoms with Crippen molar-refractivity contribution in [3.63, 3.8) is 0 Å². The summed E-state index contributed by atoms with van der Waals surface area (Å²) in [4.78, 5) is 35.6. The van der Waals surface area contributed by atoms with Crippen molar-refractivity contribution in [3.8, 4) is 11.1 Å². The largest absolute Gasteiger partial charge is 0.481 e. The molecule has 178 valence electrons. The Morgan fingerprint density at radius 2 is 1.62 bits per heavy atom. The molecular weight excluding hydrogens is 436 g/mol. The van der Waals surface area contributed by atoms with Crippen LogP contribution in [0.4, 0.5) is 4.79 Å². The number of hydrogen-bond donors (Lipinski definition) is 3. The highest BCUT2D eigenvalue weighted by atomic mass is 16.5. The van der Waals surface area contributed by atoms with Gasteiger partial charge in [0, 0.05) is 19.0 Å². The standard InChI is InChI=1S/C26H28N2O6/c29-24(27-11-15-10-22(15)25(30)31)16-9-17(33-13-16)12-28-26(32)34-14-23-20-7-3-1-5-18(20)19-6-2-4-8-21(19)23/h1-8,15-17,22-23H,9-14H2,(H,27,29)(H,28,32)(H,30,31)/t15-,16+,17+,22-/m1/s1. The number of amides is 2. The molecule has 0 radical (unpaired) electrons. The molecule has 5 rings (SSSR count). The Kier molecular flexibility index (Phi) is 6.24. The van der Waals surface area contributed by atoms with Crippen LogP contribution in [0, 0.1) is 17.8 Å². The SMILES string of the molecule is O=C(NC[C@@H]1C[C@H](C(=O)NC[C@H]2C[C@H]2C(=O)O)CO1)OCC1c2ccccc2-c2ccccc21. The number of carboxylic acids is 1. The van der Waals surface area contributed by atoms with Crippen LogP contribution in [0.25, 0.3) is 11.1 Å². The summed E-state index contributed by atoms with van der Waals surface area (Å²) >= 11 is 0. The van der Waals surface area contributed by atoms with Gasteiger partial charge < -0.3 is 25.2 Å². The maximum absolute atomic E-state index is 12.3. The monoisotopic (exact) mass is 464 g/mol. The Bertz CT molecular complexity index is 1060. The van der Waals surface area contributed by atoms with E-state index in [1.807, 2.05) is 24.3 Å². The van der Waals surface area contributed by atoms with E-state index in [-0.39, 0.29) is 55.4 Å². The topological polar surface area (TPSA) is 114 Å². The van der Waals surface area contributed by atoms with Gasteiger partial charge in [-0.15, -0.1) is 0 Å². The van der Waals surface area contributed by atoms with Gasteiger partial charge in [0.2, 0.25) is 5.91 Å². The number of carboxylic acid groups (broad SMARTS) is 1. The fraction of sp³-hybridized carbons (Fsp3) is 0.423. The van der Waals surface area contributed by atoms with E-state index in [0.717, 1.165) is 11.1 Å². The molecule has 2 aromatic rings. The molecule has 8 heteroatoms. The first-order chi connectivity index (χ1) is 16.5. The normalized spacial score (nSPS) is 24.7. The van der Waals surface area contributed by atoms with E-state index >= 15 is 0 Å². The Hall–Kier alpha value is -3.39. The predicted molar refractivity (Wildman–Crippen MR) is 123 cm³/mol. The number of hydrogen-bond acceptors (Lipinski definition) is 5. The van der Waals surface area contributed by atoms with Crippen molar-refractivity contribution < 1.29 is 29.0 Å². The van der Waals surface area contributed by atoms with Crippen LogP contribution >= 0.6 is 0 Å². The van der Waals surface area contributed by atoms with Gasteiger partial charge in [-0.25, -0.2) is 4.79 Å². The lowest BCUT2D eigenvalue weighted by Gasteiger charge is -2.15. The zero-order valence-corrected chi connectivity index (χ0v) is 18.7. The van der Waals surface area contributed by atoms with Crippen LogP contribution < -0.4 is 10.6 Å². The van der Waals surface area contributed by atoms with Gasteiger partial charge in [-0.2, -0.15) is 0 Å². The summed E-state index contributed by atoms with van der Waals surface area (Å²) in [5.41, 5.74) is 4.67. The molecule has 2 aliphatic carbocycles. The number of carbonyl (C=O) groups is 3. The lowest BCUT2D eigenvalue weighted by atomic mass is 9.98. The number of fused-ring (bicyclic) bond motifs is 3.